The molecule has 0 aromatic carbocycles. The first-order valence-corrected chi connectivity index (χ1v) is 7.50. The number of hydrogen-bond acceptors (Lipinski definition) is 3. The Balaban J connectivity index is 2.56. The summed E-state index contributed by atoms with van der Waals surface area (Å²) in [5.74, 6) is 2.52. The van der Waals surface area contributed by atoms with E-state index in [0.717, 1.165) is 42.8 Å². The van der Waals surface area contributed by atoms with Crippen molar-refractivity contribution in [1.29, 1.82) is 0 Å². The molecule has 0 fully saturated rings. The Morgan fingerprint density at radius 2 is 1.68 bits per heavy atom. The molecular formula is C16H30N2O. The lowest BCUT2D eigenvalue weighted by Gasteiger charge is -2.23. The molecular weight excluding hydrogens is 236 g/mol. The fourth-order valence-electron chi connectivity index (χ4n) is 2.04. The predicted molar refractivity (Wildman–Crippen MR) is 80.8 cm³/mol. The zero-order valence-corrected chi connectivity index (χ0v) is 13.0. The van der Waals surface area contributed by atoms with Crippen molar-refractivity contribution < 1.29 is 4.42 Å². The third kappa shape index (κ3) is 6.26. The van der Waals surface area contributed by atoms with Crippen LogP contribution in [0.15, 0.2) is 16.7 Å². The van der Waals surface area contributed by atoms with Crippen LogP contribution in [0.5, 0.6) is 0 Å². The molecule has 0 aliphatic rings. The van der Waals surface area contributed by atoms with E-state index in [9.17, 15) is 0 Å². The molecule has 0 bridgehead atoms. The zero-order valence-electron chi connectivity index (χ0n) is 13.0. The number of hydrogen-bond donors (Lipinski definition) is 1. The Morgan fingerprint density at radius 3 is 2.16 bits per heavy atom. The number of nitrogens with zero attached hydrogens (tertiary/aromatic N) is 1. The van der Waals surface area contributed by atoms with Crippen LogP contribution in [0.1, 0.15) is 51.9 Å². The van der Waals surface area contributed by atoms with Crippen molar-refractivity contribution in [3.63, 3.8) is 0 Å². The van der Waals surface area contributed by atoms with Crippen molar-refractivity contribution in [1.82, 2.24) is 4.90 Å². The van der Waals surface area contributed by atoms with Crippen LogP contribution in [0.25, 0.3) is 0 Å². The topological polar surface area (TPSA) is 42.4 Å². The summed E-state index contributed by atoms with van der Waals surface area (Å²) in [6.45, 7) is 12.8. The Morgan fingerprint density at radius 1 is 1.11 bits per heavy atom. The van der Waals surface area contributed by atoms with Gasteiger partial charge < -0.3 is 10.2 Å². The van der Waals surface area contributed by atoms with Gasteiger partial charge in [-0.2, -0.15) is 0 Å². The Labute approximate surface area is 118 Å². The third-order valence-corrected chi connectivity index (χ3v) is 3.47. The molecule has 0 radical (unpaired) electrons. The average Bonchev–Trinajstić information content (AvgIpc) is 2.79. The largest absolute Gasteiger partial charge is 0.468 e. The van der Waals surface area contributed by atoms with E-state index < -0.39 is 0 Å². The minimum absolute atomic E-state index is 0.564. The highest BCUT2D eigenvalue weighted by Gasteiger charge is 2.12. The lowest BCUT2D eigenvalue weighted by atomic mass is 10.1. The first-order chi connectivity index (χ1) is 9.02. The Hall–Kier alpha value is -0.800. The number of rotatable bonds is 9. The monoisotopic (exact) mass is 266 g/mol. The molecule has 0 aliphatic carbocycles. The summed E-state index contributed by atoms with van der Waals surface area (Å²) in [6, 6.07) is 1.98. The Kier molecular flexibility index (Phi) is 7.17. The van der Waals surface area contributed by atoms with E-state index in [1.165, 1.54) is 12.8 Å². The molecule has 19 heavy (non-hydrogen) atoms. The summed E-state index contributed by atoms with van der Waals surface area (Å²) in [4.78, 5) is 2.50. The fourth-order valence-corrected chi connectivity index (χ4v) is 2.04. The molecule has 1 aromatic rings. The van der Waals surface area contributed by atoms with Gasteiger partial charge in [0.15, 0.2) is 0 Å². The minimum Gasteiger partial charge on any atom is -0.468 e. The quantitative estimate of drug-likeness (QED) is 0.742. The molecule has 0 saturated heterocycles. The van der Waals surface area contributed by atoms with Gasteiger partial charge in [0.2, 0.25) is 0 Å². The molecule has 0 saturated carbocycles. The standard InChI is InChI=1S/C16H30N2O/c1-13(2)5-8-18(9-6-14(3)4)12-16-15(11-17)7-10-19-16/h7,10,13-14H,5-6,8-9,11-12,17H2,1-4H3. The smallest absolute Gasteiger partial charge is 0.122 e. The second-order valence-electron chi connectivity index (χ2n) is 6.21. The first kappa shape index (κ1) is 16.3. The molecule has 0 unspecified atom stereocenters. The van der Waals surface area contributed by atoms with Gasteiger partial charge in [-0.3, -0.25) is 4.90 Å². The second-order valence-corrected chi connectivity index (χ2v) is 6.21. The van der Waals surface area contributed by atoms with Gasteiger partial charge in [-0.15, -0.1) is 0 Å². The van der Waals surface area contributed by atoms with Crippen LogP contribution in [0.4, 0.5) is 0 Å². The molecule has 3 heteroatoms. The van der Waals surface area contributed by atoms with Gasteiger partial charge in [-0.25, -0.2) is 0 Å². The van der Waals surface area contributed by atoms with E-state index in [1.54, 1.807) is 6.26 Å². The van der Waals surface area contributed by atoms with Crippen molar-refractivity contribution in [2.24, 2.45) is 17.6 Å². The van der Waals surface area contributed by atoms with Crippen LogP contribution in [0.3, 0.4) is 0 Å². The van der Waals surface area contributed by atoms with Gasteiger partial charge >= 0.3 is 0 Å². The van der Waals surface area contributed by atoms with Gasteiger partial charge in [-0.05, 0) is 43.8 Å². The molecule has 0 aliphatic heterocycles. The normalized spacial score (nSPS) is 12.0. The van der Waals surface area contributed by atoms with Crippen LogP contribution >= 0.6 is 0 Å². The van der Waals surface area contributed by atoms with Gasteiger partial charge in [-0.1, -0.05) is 27.7 Å². The van der Waals surface area contributed by atoms with E-state index in [1.807, 2.05) is 6.07 Å². The molecule has 2 N–H and O–H groups in total. The van der Waals surface area contributed by atoms with Crippen LogP contribution in [-0.4, -0.2) is 18.0 Å². The SMILES string of the molecule is CC(C)CCN(CCC(C)C)Cc1occc1CN. The van der Waals surface area contributed by atoms with E-state index in [-0.39, 0.29) is 0 Å². The second kappa shape index (κ2) is 8.39. The summed E-state index contributed by atoms with van der Waals surface area (Å²) in [5, 5.41) is 0. The molecule has 0 atom stereocenters. The van der Waals surface area contributed by atoms with E-state index >= 15 is 0 Å². The molecule has 0 spiro atoms. The molecule has 3 nitrogen and oxygen atoms in total. The molecule has 0 amide bonds. The average molecular weight is 266 g/mol. The van der Waals surface area contributed by atoms with Crippen LogP contribution in [-0.2, 0) is 13.1 Å². The lowest BCUT2D eigenvalue weighted by Crippen LogP contribution is -2.27. The summed E-state index contributed by atoms with van der Waals surface area (Å²) in [7, 11) is 0. The van der Waals surface area contributed by atoms with Crippen molar-refractivity contribution in [2.75, 3.05) is 13.1 Å². The third-order valence-electron chi connectivity index (χ3n) is 3.47. The van der Waals surface area contributed by atoms with Crippen molar-refractivity contribution >= 4 is 0 Å². The van der Waals surface area contributed by atoms with Crippen LogP contribution in [0, 0.1) is 11.8 Å². The number of nitrogens with two attached hydrogens (primary N) is 1. The van der Waals surface area contributed by atoms with E-state index in [2.05, 4.69) is 32.6 Å². The number of furan rings is 1. The van der Waals surface area contributed by atoms with E-state index in [0.29, 0.717) is 6.54 Å². The van der Waals surface area contributed by atoms with Crippen molar-refractivity contribution in [2.45, 2.75) is 53.6 Å². The summed E-state index contributed by atoms with van der Waals surface area (Å²) < 4.78 is 5.58. The molecule has 1 aromatic heterocycles. The van der Waals surface area contributed by atoms with Gasteiger partial charge in [0.05, 0.1) is 12.8 Å². The maximum Gasteiger partial charge on any atom is 0.122 e. The zero-order chi connectivity index (χ0) is 14.3. The van der Waals surface area contributed by atoms with Crippen LogP contribution < -0.4 is 5.73 Å². The van der Waals surface area contributed by atoms with Crippen molar-refractivity contribution in [3.8, 4) is 0 Å². The molecule has 110 valence electrons. The highest BCUT2D eigenvalue weighted by Crippen LogP contribution is 2.15. The van der Waals surface area contributed by atoms with E-state index in [4.69, 9.17) is 10.2 Å². The summed E-state index contributed by atoms with van der Waals surface area (Å²) >= 11 is 0. The maximum atomic E-state index is 5.74. The van der Waals surface area contributed by atoms with Gasteiger partial charge in [0, 0.05) is 12.1 Å². The highest BCUT2D eigenvalue weighted by molar-refractivity contribution is 5.16. The fraction of sp³-hybridized carbons (Fsp3) is 0.750. The Bertz CT molecular complexity index is 332. The first-order valence-electron chi connectivity index (χ1n) is 7.50. The van der Waals surface area contributed by atoms with Gasteiger partial charge in [0.1, 0.15) is 5.76 Å². The maximum absolute atomic E-state index is 5.74. The highest BCUT2D eigenvalue weighted by atomic mass is 16.3. The summed E-state index contributed by atoms with van der Waals surface area (Å²) in [6.07, 6.45) is 4.22. The predicted octanol–water partition coefficient (Wildman–Crippen LogP) is 3.63. The molecule has 1 heterocycles. The van der Waals surface area contributed by atoms with Gasteiger partial charge in [0.25, 0.3) is 0 Å². The lowest BCUT2D eigenvalue weighted by molar-refractivity contribution is 0.218. The minimum atomic E-state index is 0.564. The van der Waals surface area contributed by atoms with Crippen LogP contribution in [0.2, 0.25) is 0 Å². The summed E-state index contributed by atoms with van der Waals surface area (Å²) in [5.41, 5.74) is 6.87. The molecule has 1 rings (SSSR count). The van der Waals surface area contributed by atoms with Crippen molar-refractivity contribution in [3.05, 3.63) is 23.7 Å².